The second-order valence-corrected chi connectivity index (χ2v) is 12.0. The van der Waals surface area contributed by atoms with Crippen molar-refractivity contribution in [3.05, 3.63) is 143 Å². The van der Waals surface area contributed by atoms with Crippen LogP contribution in [-0.2, 0) is 28.0 Å². The summed E-state index contributed by atoms with van der Waals surface area (Å²) in [6, 6.07) is 32.6. The first-order valence-electron chi connectivity index (χ1n) is 15.2. The van der Waals surface area contributed by atoms with Gasteiger partial charge in [-0.25, -0.2) is 9.18 Å². The highest BCUT2D eigenvalue weighted by molar-refractivity contribution is 6.18. The number of aromatic nitrogens is 1. The first kappa shape index (κ1) is 29.9. The summed E-state index contributed by atoms with van der Waals surface area (Å²) in [7, 11) is 0. The molecule has 0 radical (unpaired) electrons. The first-order valence-corrected chi connectivity index (χ1v) is 15.2. The summed E-state index contributed by atoms with van der Waals surface area (Å²) in [6.45, 7) is 7.82. The third-order valence-electron chi connectivity index (χ3n) is 8.22. The predicted molar refractivity (Wildman–Crippen MR) is 176 cm³/mol. The lowest BCUT2D eigenvalue weighted by atomic mass is 9.81. The van der Waals surface area contributed by atoms with E-state index >= 15 is 0 Å². The van der Waals surface area contributed by atoms with Crippen molar-refractivity contribution < 1.29 is 18.7 Å². The summed E-state index contributed by atoms with van der Waals surface area (Å²) in [6.07, 6.45) is 1.57. The van der Waals surface area contributed by atoms with Gasteiger partial charge in [0.05, 0.1) is 17.9 Å². The van der Waals surface area contributed by atoms with Gasteiger partial charge in [0.1, 0.15) is 5.82 Å². The number of nitrogens with zero attached hydrogens (tertiary/aromatic N) is 2. The summed E-state index contributed by atoms with van der Waals surface area (Å²) >= 11 is 0. The van der Waals surface area contributed by atoms with Gasteiger partial charge in [-0.05, 0) is 66.1 Å². The Kier molecular flexibility index (Phi) is 8.26. The molecule has 1 amide bonds. The topological polar surface area (TPSA) is 65.6 Å². The number of rotatable bonds is 8. The lowest BCUT2D eigenvalue weighted by molar-refractivity contribution is -0.136. The maximum absolute atomic E-state index is 13.7. The van der Waals surface area contributed by atoms with E-state index < -0.39 is 17.2 Å². The molecular formula is C38H36FN3O3. The number of carbonyl (C=O) groups excluding carboxylic acids is 2. The highest BCUT2D eigenvalue weighted by atomic mass is 19.1. The Morgan fingerprint density at radius 3 is 2.11 bits per heavy atom. The monoisotopic (exact) mass is 601 g/mol. The number of halogens is 1. The predicted octanol–water partition coefficient (Wildman–Crippen LogP) is 7.85. The molecule has 4 aromatic carbocycles. The van der Waals surface area contributed by atoms with E-state index in [1.54, 1.807) is 18.0 Å². The largest absolute Gasteiger partial charge is 0.462 e. The number of hydrogen-bond donors (Lipinski definition) is 1. The number of amides is 1. The summed E-state index contributed by atoms with van der Waals surface area (Å²) in [5.74, 6) is -1.26. The molecule has 1 aliphatic rings. The van der Waals surface area contributed by atoms with E-state index in [2.05, 4.69) is 90.5 Å². The molecule has 0 saturated heterocycles. The highest BCUT2D eigenvalue weighted by Crippen LogP contribution is 2.42. The van der Waals surface area contributed by atoms with Crippen molar-refractivity contribution in [3.8, 4) is 0 Å². The van der Waals surface area contributed by atoms with E-state index in [0.717, 1.165) is 22.2 Å². The van der Waals surface area contributed by atoms with Crippen LogP contribution >= 0.6 is 0 Å². The average molecular weight is 602 g/mol. The first-order chi connectivity index (χ1) is 21.7. The number of hydrogen-bond acceptors (Lipinski definition) is 4. The Balaban J connectivity index is 1.46. The molecule has 6 nitrogen and oxygen atoms in total. The number of fused-ring (bicyclic) bond motifs is 3. The molecule has 7 heteroatoms. The molecule has 0 bridgehead atoms. The normalized spacial score (nSPS) is 14.0. The summed E-state index contributed by atoms with van der Waals surface area (Å²) < 4.78 is 19.1. The Morgan fingerprint density at radius 1 is 0.889 bits per heavy atom. The van der Waals surface area contributed by atoms with Crippen molar-refractivity contribution >= 4 is 34.0 Å². The molecule has 228 valence electrons. The Bertz CT molecular complexity index is 1820. The van der Waals surface area contributed by atoms with Crippen LogP contribution in [0.25, 0.3) is 16.5 Å². The average Bonchev–Trinajstić information content (AvgIpc) is 3.38. The van der Waals surface area contributed by atoms with Gasteiger partial charge in [0, 0.05) is 53.4 Å². The number of carbonyl (C=O) groups is 2. The van der Waals surface area contributed by atoms with Crippen LogP contribution in [0.4, 0.5) is 10.1 Å². The van der Waals surface area contributed by atoms with E-state index in [1.165, 1.54) is 35.4 Å². The molecule has 0 aliphatic carbocycles. The van der Waals surface area contributed by atoms with Crippen molar-refractivity contribution in [2.45, 2.75) is 39.3 Å². The summed E-state index contributed by atoms with van der Waals surface area (Å²) in [5, 5.41) is 0.977. The molecular weight excluding hydrogens is 565 g/mol. The summed E-state index contributed by atoms with van der Waals surface area (Å²) in [5.41, 5.74) is 5.94. The highest BCUT2D eigenvalue weighted by Gasteiger charge is 2.37. The minimum Gasteiger partial charge on any atom is -0.462 e. The third kappa shape index (κ3) is 6.25. The fraction of sp³-hybridized carbons (Fsp3) is 0.211. The molecule has 5 aromatic rings. The molecule has 45 heavy (non-hydrogen) atoms. The van der Waals surface area contributed by atoms with Crippen LogP contribution in [0, 0.1) is 5.82 Å². The SMILES string of the molecule is CCOC(=O)C1=CN(C(=O)c2ccc(F)cc2)CC(C)(C)c2c1[nH]c1ccc(N(Cc3ccccc3)Cc3ccccc3)cc21. The van der Waals surface area contributed by atoms with E-state index in [4.69, 9.17) is 4.74 Å². The van der Waals surface area contributed by atoms with E-state index in [0.29, 0.717) is 30.9 Å². The molecule has 0 spiro atoms. The molecule has 1 N–H and O–H groups in total. The zero-order chi connectivity index (χ0) is 31.6. The van der Waals surface area contributed by atoms with Crippen LogP contribution in [0.1, 0.15) is 53.5 Å². The van der Waals surface area contributed by atoms with E-state index in [-0.39, 0.29) is 18.1 Å². The standard InChI is InChI=1S/C38H36FN3O3/c1-4-45-37(44)32-24-42(36(43)28-15-17-29(39)18-16-28)25-38(2,3)34-31-21-30(19-20-33(31)40-35(32)34)41(22-26-11-7-5-8-12-26)23-27-13-9-6-10-14-27/h5-21,24,40H,4,22-23,25H2,1-3H3. The Hall–Kier alpha value is -5.17. The van der Waals surface area contributed by atoms with Crippen LogP contribution < -0.4 is 4.90 Å². The number of aromatic amines is 1. The Morgan fingerprint density at radius 2 is 1.51 bits per heavy atom. The van der Waals surface area contributed by atoms with Gasteiger partial charge >= 0.3 is 5.97 Å². The van der Waals surface area contributed by atoms with Crippen molar-refractivity contribution in [1.82, 2.24) is 9.88 Å². The molecule has 6 rings (SSSR count). The molecule has 0 atom stereocenters. The van der Waals surface area contributed by atoms with Crippen molar-refractivity contribution in [2.24, 2.45) is 0 Å². The minimum absolute atomic E-state index is 0.194. The fourth-order valence-corrected chi connectivity index (χ4v) is 6.15. The molecule has 2 heterocycles. The number of esters is 1. The van der Waals surface area contributed by atoms with E-state index in [1.807, 2.05) is 12.1 Å². The van der Waals surface area contributed by atoms with Gasteiger partial charge in [-0.3, -0.25) is 4.79 Å². The molecule has 0 fully saturated rings. The zero-order valence-electron chi connectivity index (χ0n) is 25.7. The van der Waals surface area contributed by atoms with Gasteiger partial charge in [0.25, 0.3) is 5.91 Å². The molecule has 1 aliphatic heterocycles. The van der Waals surface area contributed by atoms with Crippen LogP contribution in [0.5, 0.6) is 0 Å². The molecule has 1 aromatic heterocycles. The van der Waals surface area contributed by atoms with Gasteiger partial charge < -0.3 is 19.5 Å². The second kappa shape index (κ2) is 12.4. The van der Waals surface area contributed by atoms with Gasteiger partial charge in [0.15, 0.2) is 0 Å². The number of anilines is 1. The van der Waals surface area contributed by atoms with Gasteiger partial charge in [-0.2, -0.15) is 0 Å². The van der Waals surface area contributed by atoms with Crippen LogP contribution in [0.15, 0.2) is 109 Å². The second-order valence-electron chi connectivity index (χ2n) is 12.0. The Labute approximate surface area is 262 Å². The van der Waals surface area contributed by atoms with Crippen molar-refractivity contribution in [2.75, 3.05) is 18.1 Å². The quantitative estimate of drug-likeness (QED) is 0.184. The van der Waals surface area contributed by atoms with Gasteiger partial charge in [-0.1, -0.05) is 74.5 Å². The lowest BCUT2D eigenvalue weighted by Gasteiger charge is -2.30. The van der Waals surface area contributed by atoms with Crippen molar-refractivity contribution in [1.29, 1.82) is 0 Å². The smallest absolute Gasteiger partial charge is 0.341 e. The maximum Gasteiger partial charge on any atom is 0.341 e. The van der Waals surface area contributed by atoms with E-state index in [9.17, 15) is 14.0 Å². The number of ether oxygens (including phenoxy) is 1. The fourth-order valence-electron chi connectivity index (χ4n) is 6.15. The van der Waals surface area contributed by atoms with Crippen LogP contribution in [0.3, 0.4) is 0 Å². The van der Waals surface area contributed by atoms with Gasteiger partial charge in [0.2, 0.25) is 0 Å². The lowest BCUT2D eigenvalue weighted by Crippen LogP contribution is -2.37. The van der Waals surface area contributed by atoms with Crippen LogP contribution in [-0.4, -0.2) is 34.9 Å². The number of H-pyrrole nitrogens is 1. The third-order valence-corrected chi connectivity index (χ3v) is 8.22. The number of nitrogens with one attached hydrogen (secondary N) is 1. The molecule has 0 unspecified atom stereocenters. The molecule has 0 saturated carbocycles. The van der Waals surface area contributed by atoms with Crippen LogP contribution in [0.2, 0.25) is 0 Å². The number of benzene rings is 4. The zero-order valence-corrected chi connectivity index (χ0v) is 25.7. The maximum atomic E-state index is 13.7. The summed E-state index contributed by atoms with van der Waals surface area (Å²) in [4.78, 5) is 34.5. The minimum atomic E-state index is -0.573. The van der Waals surface area contributed by atoms with Gasteiger partial charge in [-0.15, -0.1) is 0 Å². The van der Waals surface area contributed by atoms with Crippen molar-refractivity contribution in [3.63, 3.8) is 0 Å².